The van der Waals surface area contributed by atoms with Gasteiger partial charge in [-0.05, 0) is 36.8 Å². The summed E-state index contributed by atoms with van der Waals surface area (Å²) in [4.78, 5) is 24.4. The van der Waals surface area contributed by atoms with E-state index in [0.29, 0.717) is 12.0 Å². The zero-order valence-electron chi connectivity index (χ0n) is 12.7. The Morgan fingerprint density at radius 1 is 1.33 bits per heavy atom. The Balaban J connectivity index is 2.29. The summed E-state index contributed by atoms with van der Waals surface area (Å²) in [6, 6.07) is 7.38. The van der Waals surface area contributed by atoms with Crippen LogP contribution in [0.25, 0.3) is 0 Å². The van der Waals surface area contributed by atoms with E-state index in [9.17, 15) is 14.7 Å². The Labute approximate surface area is 125 Å². The van der Waals surface area contributed by atoms with Gasteiger partial charge in [-0.25, -0.2) is 4.79 Å². The van der Waals surface area contributed by atoms with Gasteiger partial charge in [0.2, 0.25) is 0 Å². The first-order valence-electron chi connectivity index (χ1n) is 7.65. The van der Waals surface area contributed by atoms with Crippen molar-refractivity contribution < 1.29 is 14.7 Å². The monoisotopic (exact) mass is 289 g/mol. The van der Waals surface area contributed by atoms with Crippen LogP contribution < -0.4 is 5.32 Å². The Morgan fingerprint density at radius 3 is 2.67 bits per heavy atom. The molecular formula is C17H23NO3. The van der Waals surface area contributed by atoms with Gasteiger partial charge in [0.05, 0.1) is 0 Å². The molecule has 1 aliphatic carbocycles. The quantitative estimate of drug-likeness (QED) is 0.895. The molecule has 0 spiro atoms. The van der Waals surface area contributed by atoms with Crippen LogP contribution >= 0.6 is 0 Å². The van der Waals surface area contributed by atoms with Crippen LogP contribution in [-0.2, 0) is 11.2 Å². The molecule has 0 saturated heterocycles. The van der Waals surface area contributed by atoms with Gasteiger partial charge in [-0.15, -0.1) is 0 Å². The van der Waals surface area contributed by atoms with Gasteiger partial charge in [0.25, 0.3) is 5.91 Å². The predicted octanol–water partition coefficient (Wildman–Crippen LogP) is 3.01. The fraction of sp³-hybridized carbons (Fsp3) is 0.529. The van der Waals surface area contributed by atoms with Crippen molar-refractivity contribution in [2.24, 2.45) is 5.92 Å². The maximum atomic E-state index is 12.6. The third-order valence-electron chi connectivity index (χ3n) is 4.66. The van der Waals surface area contributed by atoms with Gasteiger partial charge < -0.3 is 10.4 Å². The average Bonchev–Trinajstić information content (AvgIpc) is 2.49. The molecule has 0 aliphatic heterocycles. The molecule has 0 aromatic heterocycles. The van der Waals surface area contributed by atoms with Crippen LogP contribution in [0, 0.1) is 5.92 Å². The molecule has 1 amide bonds. The van der Waals surface area contributed by atoms with Crippen molar-refractivity contribution in [3.8, 4) is 0 Å². The number of amides is 1. The minimum atomic E-state index is -1.13. The lowest BCUT2D eigenvalue weighted by Gasteiger charge is -2.39. The molecule has 2 unspecified atom stereocenters. The van der Waals surface area contributed by atoms with Crippen molar-refractivity contribution in [1.82, 2.24) is 5.32 Å². The molecule has 2 rings (SSSR count). The van der Waals surface area contributed by atoms with Crippen LogP contribution in [-0.4, -0.2) is 22.5 Å². The molecule has 1 fully saturated rings. The van der Waals surface area contributed by atoms with Crippen molar-refractivity contribution in [2.75, 3.05) is 0 Å². The second-order valence-corrected chi connectivity index (χ2v) is 5.89. The average molecular weight is 289 g/mol. The Morgan fingerprint density at radius 2 is 2.05 bits per heavy atom. The molecular weight excluding hydrogens is 266 g/mol. The van der Waals surface area contributed by atoms with Crippen LogP contribution in [0.15, 0.2) is 24.3 Å². The van der Waals surface area contributed by atoms with Crippen LogP contribution in [0.5, 0.6) is 0 Å². The van der Waals surface area contributed by atoms with E-state index >= 15 is 0 Å². The van der Waals surface area contributed by atoms with Crippen LogP contribution in [0.2, 0.25) is 0 Å². The minimum absolute atomic E-state index is 0.0542. The summed E-state index contributed by atoms with van der Waals surface area (Å²) in [6.07, 6.45) is 3.95. The normalized spacial score (nSPS) is 25.3. The van der Waals surface area contributed by atoms with Crippen molar-refractivity contribution >= 4 is 11.9 Å². The SMILES string of the molecule is CCc1ccccc1C(=O)NC1(C(=O)O)CCCCC1C. The number of aryl methyl sites for hydroxylation is 1. The molecule has 0 bridgehead atoms. The maximum Gasteiger partial charge on any atom is 0.329 e. The van der Waals surface area contributed by atoms with Crippen LogP contribution in [0.4, 0.5) is 0 Å². The number of benzene rings is 1. The number of rotatable bonds is 4. The highest BCUT2D eigenvalue weighted by molar-refractivity contribution is 5.99. The maximum absolute atomic E-state index is 12.6. The fourth-order valence-electron chi connectivity index (χ4n) is 3.22. The van der Waals surface area contributed by atoms with E-state index in [2.05, 4.69) is 5.32 Å². The molecule has 4 nitrogen and oxygen atoms in total. The lowest BCUT2D eigenvalue weighted by molar-refractivity contribution is -0.148. The fourth-order valence-corrected chi connectivity index (χ4v) is 3.22. The molecule has 1 aromatic carbocycles. The zero-order valence-corrected chi connectivity index (χ0v) is 12.7. The standard InChI is InChI=1S/C17H23NO3/c1-3-13-9-4-5-10-14(13)15(19)18-17(16(20)21)11-7-6-8-12(17)2/h4-5,9-10,12H,3,6-8,11H2,1-2H3,(H,18,19)(H,20,21). The number of carbonyl (C=O) groups is 2. The van der Waals surface area contributed by atoms with Crippen molar-refractivity contribution in [1.29, 1.82) is 0 Å². The largest absolute Gasteiger partial charge is 0.479 e. The molecule has 0 heterocycles. The highest BCUT2D eigenvalue weighted by Gasteiger charge is 2.46. The molecule has 1 aromatic rings. The van der Waals surface area contributed by atoms with Gasteiger partial charge in [-0.2, -0.15) is 0 Å². The summed E-state index contributed by atoms with van der Waals surface area (Å²) < 4.78 is 0. The third kappa shape index (κ3) is 2.94. The number of aliphatic carboxylic acids is 1. The second kappa shape index (κ2) is 6.29. The summed E-state index contributed by atoms with van der Waals surface area (Å²) in [7, 11) is 0. The third-order valence-corrected chi connectivity index (χ3v) is 4.66. The van der Waals surface area contributed by atoms with E-state index in [4.69, 9.17) is 0 Å². The first kappa shape index (κ1) is 15.5. The van der Waals surface area contributed by atoms with Crippen LogP contribution in [0.1, 0.15) is 55.5 Å². The molecule has 1 saturated carbocycles. The lowest BCUT2D eigenvalue weighted by atomic mass is 9.73. The summed E-state index contributed by atoms with van der Waals surface area (Å²) in [5, 5.41) is 12.5. The van der Waals surface area contributed by atoms with Gasteiger partial charge in [-0.1, -0.05) is 44.9 Å². The summed E-state index contributed by atoms with van der Waals surface area (Å²) >= 11 is 0. The minimum Gasteiger partial charge on any atom is -0.479 e. The van der Waals surface area contributed by atoms with Crippen molar-refractivity contribution in [3.05, 3.63) is 35.4 Å². The molecule has 1 aliphatic rings. The molecule has 0 radical (unpaired) electrons. The summed E-state index contributed by atoms with van der Waals surface area (Å²) in [5.41, 5.74) is 0.397. The van der Waals surface area contributed by atoms with Gasteiger partial charge >= 0.3 is 5.97 Å². The number of hydrogen-bond donors (Lipinski definition) is 2. The van der Waals surface area contributed by atoms with E-state index in [1.165, 1.54) is 0 Å². The predicted molar refractivity (Wildman–Crippen MR) is 81.3 cm³/mol. The number of nitrogens with one attached hydrogen (secondary N) is 1. The number of carbonyl (C=O) groups excluding carboxylic acids is 1. The van der Waals surface area contributed by atoms with Crippen LogP contribution in [0.3, 0.4) is 0 Å². The Hall–Kier alpha value is -1.84. The van der Waals surface area contributed by atoms with Crippen molar-refractivity contribution in [2.45, 2.75) is 51.5 Å². The van der Waals surface area contributed by atoms with E-state index < -0.39 is 11.5 Å². The van der Waals surface area contributed by atoms with Gasteiger partial charge in [-0.3, -0.25) is 4.79 Å². The van der Waals surface area contributed by atoms with Gasteiger partial charge in [0.15, 0.2) is 0 Å². The first-order valence-corrected chi connectivity index (χ1v) is 7.65. The van der Waals surface area contributed by atoms with Gasteiger partial charge in [0, 0.05) is 5.56 Å². The topological polar surface area (TPSA) is 66.4 Å². The summed E-state index contributed by atoms with van der Waals surface area (Å²) in [6.45, 7) is 3.90. The smallest absolute Gasteiger partial charge is 0.329 e. The molecule has 114 valence electrons. The van der Waals surface area contributed by atoms with Crippen molar-refractivity contribution in [3.63, 3.8) is 0 Å². The molecule has 4 heteroatoms. The lowest BCUT2D eigenvalue weighted by Crippen LogP contribution is -2.60. The number of carboxylic acids is 1. The summed E-state index contributed by atoms with van der Waals surface area (Å²) in [5.74, 6) is -1.25. The van der Waals surface area contributed by atoms with E-state index in [1.807, 2.05) is 32.0 Å². The highest BCUT2D eigenvalue weighted by atomic mass is 16.4. The van der Waals surface area contributed by atoms with E-state index in [0.717, 1.165) is 31.2 Å². The van der Waals surface area contributed by atoms with Gasteiger partial charge in [0.1, 0.15) is 5.54 Å². The van der Waals surface area contributed by atoms with E-state index in [-0.39, 0.29) is 11.8 Å². The number of carboxylic acid groups (broad SMARTS) is 1. The first-order chi connectivity index (χ1) is 10.0. The Bertz CT molecular complexity index is 541. The Kier molecular flexibility index (Phi) is 4.66. The zero-order chi connectivity index (χ0) is 15.5. The highest BCUT2D eigenvalue weighted by Crippen LogP contribution is 2.34. The van der Waals surface area contributed by atoms with E-state index in [1.54, 1.807) is 6.07 Å². The molecule has 2 N–H and O–H groups in total. The second-order valence-electron chi connectivity index (χ2n) is 5.89. The molecule has 21 heavy (non-hydrogen) atoms. The molecule has 2 atom stereocenters. The number of hydrogen-bond acceptors (Lipinski definition) is 2.